The molecule has 2 N–H and O–H groups in total. The van der Waals surface area contributed by atoms with Crippen molar-refractivity contribution < 1.29 is 19.4 Å². The van der Waals surface area contributed by atoms with Crippen LogP contribution in [0.1, 0.15) is 18.4 Å². The summed E-state index contributed by atoms with van der Waals surface area (Å²) in [5.41, 5.74) is 0.870. The molecular weight excluding hydrogens is 284 g/mol. The maximum absolute atomic E-state index is 12.0. The molecule has 0 saturated carbocycles. The zero-order chi connectivity index (χ0) is 15.9. The van der Waals surface area contributed by atoms with Crippen LogP contribution < -0.4 is 10.1 Å². The summed E-state index contributed by atoms with van der Waals surface area (Å²) in [6.07, 6.45) is 4.34. The van der Waals surface area contributed by atoms with Crippen molar-refractivity contribution in [2.45, 2.75) is 12.8 Å². The maximum Gasteiger partial charge on any atom is 0.321 e. The van der Waals surface area contributed by atoms with Crippen molar-refractivity contribution >= 4 is 18.1 Å². The number of methoxy groups -OCH3 is 1. The van der Waals surface area contributed by atoms with Gasteiger partial charge >= 0.3 is 12.0 Å². The lowest BCUT2D eigenvalue weighted by atomic mass is 9.97. The summed E-state index contributed by atoms with van der Waals surface area (Å²) >= 11 is 0. The van der Waals surface area contributed by atoms with Gasteiger partial charge in [0.25, 0.3) is 0 Å². The lowest BCUT2D eigenvalue weighted by Gasteiger charge is -2.29. The molecule has 6 heteroatoms. The molecular formula is C16H20N2O4. The highest BCUT2D eigenvalue weighted by Crippen LogP contribution is 2.19. The summed E-state index contributed by atoms with van der Waals surface area (Å²) in [6.45, 7) is 0.927. The van der Waals surface area contributed by atoms with Gasteiger partial charge in [0.1, 0.15) is 5.75 Å². The van der Waals surface area contributed by atoms with E-state index in [0.29, 0.717) is 25.9 Å². The third-order valence-electron chi connectivity index (χ3n) is 3.74. The number of ether oxygens (including phenoxy) is 1. The molecule has 0 aliphatic carbocycles. The fourth-order valence-electron chi connectivity index (χ4n) is 2.43. The average Bonchev–Trinajstić information content (AvgIpc) is 2.55. The molecule has 2 amide bonds. The molecule has 1 aliphatic rings. The van der Waals surface area contributed by atoms with Crippen LogP contribution in [-0.4, -0.2) is 42.2 Å². The molecule has 2 rings (SSSR count). The number of rotatable bonds is 4. The largest absolute Gasteiger partial charge is 0.496 e. The van der Waals surface area contributed by atoms with E-state index in [2.05, 4.69) is 5.32 Å². The standard InChI is InChI=1S/C16H20N2O4/c1-22-14-5-3-2-4-12(14)6-9-17-16(21)18-10-7-13(8-11-18)15(19)20/h2-6,9,13H,7-8,10-11H2,1H3,(H,17,21)(H,19,20)/b9-6+. The highest BCUT2D eigenvalue weighted by molar-refractivity contribution is 5.77. The minimum atomic E-state index is -0.781. The first-order valence-electron chi connectivity index (χ1n) is 7.19. The monoisotopic (exact) mass is 304 g/mol. The third-order valence-corrected chi connectivity index (χ3v) is 3.74. The summed E-state index contributed by atoms with van der Waals surface area (Å²) in [6, 6.07) is 7.29. The van der Waals surface area contributed by atoms with Crippen LogP contribution in [0.15, 0.2) is 30.5 Å². The van der Waals surface area contributed by atoms with Crippen molar-refractivity contribution in [3.05, 3.63) is 36.0 Å². The summed E-state index contributed by atoms with van der Waals surface area (Å²) in [4.78, 5) is 24.5. The quantitative estimate of drug-likeness (QED) is 0.893. The number of urea groups is 1. The number of nitrogens with one attached hydrogen (secondary N) is 1. The molecule has 0 unspecified atom stereocenters. The van der Waals surface area contributed by atoms with Crippen LogP contribution in [0.3, 0.4) is 0 Å². The van der Waals surface area contributed by atoms with Gasteiger partial charge in [0.15, 0.2) is 0 Å². The Morgan fingerprint density at radius 1 is 1.32 bits per heavy atom. The molecule has 1 fully saturated rings. The predicted molar refractivity (Wildman–Crippen MR) is 82.5 cm³/mol. The number of para-hydroxylation sites is 1. The van der Waals surface area contributed by atoms with Gasteiger partial charge in [-0.2, -0.15) is 0 Å². The second kappa shape index (κ2) is 7.49. The van der Waals surface area contributed by atoms with Crippen LogP contribution in [-0.2, 0) is 4.79 Å². The normalized spacial score (nSPS) is 15.8. The molecule has 6 nitrogen and oxygen atoms in total. The lowest BCUT2D eigenvalue weighted by molar-refractivity contribution is -0.143. The number of hydrogen-bond donors (Lipinski definition) is 2. The van der Waals surface area contributed by atoms with Gasteiger partial charge < -0.3 is 20.1 Å². The molecule has 1 heterocycles. The van der Waals surface area contributed by atoms with Crippen molar-refractivity contribution in [1.82, 2.24) is 10.2 Å². The number of carbonyl (C=O) groups excluding carboxylic acids is 1. The maximum atomic E-state index is 12.0. The fraction of sp³-hybridized carbons (Fsp3) is 0.375. The van der Waals surface area contributed by atoms with E-state index < -0.39 is 5.97 Å². The Morgan fingerprint density at radius 3 is 2.64 bits per heavy atom. The van der Waals surface area contributed by atoms with E-state index in [4.69, 9.17) is 9.84 Å². The summed E-state index contributed by atoms with van der Waals surface area (Å²) in [5.74, 6) is -0.389. The van der Waals surface area contributed by atoms with Gasteiger partial charge in [-0.25, -0.2) is 4.79 Å². The second-order valence-electron chi connectivity index (χ2n) is 5.12. The number of benzene rings is 1. The average molecular weight is 304 g/mol. The smallest absolute Gasteiger partial charge is 0.321 e. The van der Waals surface area contributed by atoms with Gasteiger partial charge in [0, 0.05) is 24.9 Å². The van der Waals surface area contributed by atoms with E-state index in [9.17, 15) is 9.59 Å². The SMILES string of the molecule is COc1ccccc1/C=C/NC(=O)N1CCC(C(=O)O)CC1. The number of piperidine rings is 1. The van der Waals surface area contributed by atoms with E-state index in [1.807, 2.05) is 24.3 Å². The number of nitrogens with zero attached hydrogens (tertiary/aromatic N) is 1. The molecule has 1 aromatic carbocycles. The molecule has 1 saturated heterocycles. The minimum Gasteiger partial charge on any atom is -0.496 e. The summed E-state index contributed by atoms with van der Waals surface area (Å²) in [5, 5.41) is 11.6. The Morgan fingerprint density at radius 2 is 2.00 bits per heavy atom. The second-order valence-corrected chi connectivity index (χ2v) is 5.12. The Hall–Kier alpha value is -2.50. The van der Waals surface area contributed by atoms with Crippen LogP contribution in [0, 0.1) is 5.92 Å². The lowest BCUT2D eigenvalue weighted by Crippen LogP contribution is -2.44. The molecule has 0 aromatic heterocycles. The number of amides is 2. The number of carboxylic acids is 1. The highest BCUT2D eigenvalue weighted by Gasteiger charge is 2.26. The number of carboxylic acid groups (broad SMARTS) is 1. The van der Waals surface area contributed by atoms with Gasteiger partial charge in [0.2, 0.25) is 0 Å². The Bertz CT molecular complexity index is 563. The van der Waals surface area contributed by atoms with Gasteiger partial charge in [-0.1, -0.05) is 18.2 Å². The third kappa shape index (κ3) is 4.00. The zero-order valence-electron chi connectivity index (χ0n) is 12.5. The first-order valence-corrected chi connectivity index (χ1v) is 7.19. The van der Waals surface area contributed by atoms with E-state index >= 15 is 0 Å². The van der Waals surface area contributed by atoms with Gasteiger partial charge in [0.05, 0.1) is 13.0 Å². The molecule has 22 heavy (non-hydrogen) atoms. The van der Waals surface area contributed by atoms with Crippen LogP contribution in [0.4, 0.5) is 4.79 Å². The number of aliphatic carboxylic acids is 1. The highest BCUT2D eigenvalue weighted by atomic mass is 16.5. The summed E-state index contributed by atoms with van der Waals surface area (Å²) < 4.78 is 5.22. The van der Waals surface area contributed by atoms with Gasteiger partial charge in [-0.05, 0) is 25.0 Å². The van der Waals surface area contributed by atoms with Crippen LogP contribution >= 0.6 is 0 Å². The van der Waals surface area contributed by atoms with Crippen LogP contribution in [0.5, 0.6) is 5.75 Å². The zero-order valence-corrected chi connectivity index (χ0v) is 12.5. The molecule has 118 valence electrons. The Labute approximate surface area is 129 Å². The Kier molecular flexibility index (Phi) is 5.41. The molecule has 0 atom stereocenters. The number of likely N-dealkylation sites (tertiary alicyclic amines) is 1. The van der Waals surface area contributed by atoms with E-state index in [-0.39, 0.29) is 11.9 Å². The first kappa shape index (κ1) is 15.9. The molecule has 1 aromatic rings. The predicted octanol–water partition coefficient (Wildman–Crippen LogP) is 2.17. The number of carbonyl (C=O) groups is 2. The Balaban J connectivity index is 1.85. The minimum absolute atomic E-state index is 0.213. The molecule has 0 bridgehead atoms. The van der Waals surface area contributed by atoms with Crippen molar-refractivity contribution in [3.63, 3.8) is 0 Å². The van der Waals surface area contributed by atoms with E-state index in [0.717, 1.165) is 11.3 Å². The molecule has 0 spiro atoms. The molecule has 0 radical (unpaired) electrons. The van der Waals surface area contributed by atoms with Gasteiger partial charge in [-0.3, -0.25) is 4.79 Å². The van der Waals surface area contributed by atoms with Gasteiger partial charge in [-0.15, -0.1) is 0 Å². The van der Waals surface area contributed by atoms with Crippen molar-refractivity contribution in [2.24, 2.45) is 5.92 Å². The van der Waals surface area contributed by atoms with Crippen LogP contribution in [0.2, 0.25) is 0 Å². The van der Waals surface area contributed by atoms with Crippen molar-refractivity contribution in [3.8, 4) is 5.75 Å². The fourth-order valence-corrected chi connectivity index (χ4v) is 2.43. The first-order chi connectivity index (χ1) is 10.6. The van der Waals surface area contributed by atoms with Crippen molar-refractivity contribution in [1.29, 1.82) is 0 Å². The topological polar surface area (TPSA) is 78.9 Å². The van der Waals surface area contributed by atoms with E-state index in [1.165, 1.54) is 0 Å². The number of hydrogen-bond acceptors (Lipinski definition) is 3. The molecule has 1 aliphatic heterocycles. The van der Waals surface area contributed by atoms with Crippen LogP contribution in [0.25, 0.3) is 6.08 Å². The van der Waals surface area contributed by atoms with Crippen molar-refractivity contribution in [2.75, 3.05) is 20.2 Å². The van der Waals surface area contributed by atoms with E-state index in [1.54, 1.807) is 24.3 Å². The summed E-state index contributed by atoms with van der Waals surface area (Å²) in [7, 11) is 1.60.